The van der Waals surface area contributed by atoms with Crippen LogP contribution in [0.25, 0.3) is 0 Å². The molecule has 0 saturated heterocycles. The molecule has 4 heteroatoms. The second-order valence-electron chi connectivity index (χ2n) is 4.60. The molecule has 0 saturated carbocycles. The van der Waals surface area contributed by atoms with E-state index in [1.165, 1.54) is 0 Å². The van der Waals surface area contributed by atoms with Crippen LogP contribution in [-0.4, -0.2) is 15.5 Å². The van der Waals surface area contributed by atoms with Crippen molar-refractivity contribution >= 4 is 11.6 Å². The standard InChI is InChI=1S/C13H24N4/c1-6-13(7-2,8-3)17-12-9(4)11(14)15-10(5)16-12/h6-8H2,1-5H3,(H3,14,15,16,17). The highest BCUT2D eigenvalue weighted by Gasteiger charge is 2.25. The van der Waals surface area contributed by atoms with Gasteiger partial charge in [0.05, 0.1) is 0 Å². The zero-order valence-corrected chi connectivity index (χ0v) is 11.6. The van der Waals surface area contributed by atoms with Crippen molar-refractivity contribution in [1.29, 1.82) is 0 Å². The van der Waals surface area contributed by atoms with Crippen LogP contribution in [0.1, 0.15) is 51.4 Å². The Morgan fingerprint density at radius 1 is 1.06 bits per heavy atom. The molecule has 0 atom stereocenters. The summed E-state index contributed by atoms with van der Waals surface area (Å²) in [6, 6.07) is 0. The first-order valence-electron chi connectivity index (χ1n) is 6.37. The highest BCUT2D eigenvalue weighted by atomic mass is 15.1. The van der Waals surface area contributed by atoms with Crippen LogP contribution in [0, 0.1) is 13.8 Å². The van der Waals surface area contributed by atoms with Crippen LogP contribution in [0.4, 0.5) is 11.6 Å². The predicted molar refractivity (Wildman–Crippen MR) is 73.1 cm³/mol. The lowest BCUT2D eigenvalue weighted by atomic mass is 9.89. The fourth-order valence-corrected chi connectivity index (χ4v) is 2.04. The van der Waals surface area contributed by atoms with Gasteiger partial charge in [-0.1, -0.05) is 20.8 Å². The molecule has 3 N–H and O–H groups in total. The van der Waals surface area contributed by atoms with Crippen LogP contribution in [0.15, 0.2) is 0 Å². The molecule has 0 bridgehead atoms. The smallest absolute Gasteiger partial charge is 0.135 e. The van der Waals surface area contributed by atoms with Crippen molar-refractivity contribution in [2.45, 2.75) is 59.4 Å². The second kappa shape index (κ2) is 5.34. The summed E-state index contributed by atoms with van der Waals surface area (Å²) in [7, 11) is 0. The Morgan fingerprint density at radius 3 is 2.06 bits per heavy atom. The maximum Gasteiger partial charge on any atom is 0.135 e. The molecule has 0 spiro atoms. The predicted octanol–water partition coefficient (Wildman–Crippen LogP) is 3.06. The molecule has 4 nitrogen and oxygen atoms in total. The number of rotatable bonds is 5. The summed E-state index contributed by atoms with van der Waals surface area (Å²) in [6.07, 6.45) is 3.22. The van der Waals surface area contributed by atoms with Gasteiger partial charge in [0.1, 0.15) is 17.5 Å². The fraction of sp³-hybridized carbons (Fsp3) is 0.692. The van der Waals surface area contributed by atoms with Gasteiger partial charge >= 0.3 is 0 Å². The number of nitrogens with one attached hydrogen (secondary N) is 1. The highest BCUT2D eigenvalue weighted by molar-refractivity contribution is 5.55. The molecule has 0 amide bonds. The maximum atomic E-state index is 5.87. The zero-order chi connectivity index (χ0) is 13.1. The first-order valence-corrected chi connectivity index (χ1v) is 6.37. The van der Waals surface area contributed by atoms with Gasteiger partial charge in [-0.2, -0.15) is 0 Å². The normalized spacial score (nSPS) is 11.6. The number of hydrogen-bond donors (Lipinski definition) is 2. The van der Waals surface area contributed by atoms with Crippen LogP contribution in [0.5, 0.6) is 0 Å². The molecule has 0 aromatic carbocycles. The van der Waals surface area contributed by atoms with Gasteiger partial charge < -0.3 is 11.1 Å². The molecule has 96 valence electrons. The molecule has 1 aromatic heterocycles. The van der Waals surface area contributed by atoms with Gasteiger partial charge in [-0.15, -0.1) is 0 Å². The average Bonchev–Trinajstić information content (AvgIpc) is 2.32. The van der Waals surface area contributed by atoms with Crippen molar-refractivity contribution < 1.29 is 0 Å². The number of nitrogens with two attached hydrogens (primary N) is 1. The number of nitrogen functional groups attached to an aromatic ring is 1. The zero-order valence-electron chi connectivity index (χ0n) is 11.6. The third kappa shape index (κ3) is 2.87. The van der Waals surface area contributed by atoms with Crippen LogP contribution in [0.3, 0.4) is 0 Å². The Hall–Kier alpha value is -1.32. The summed E-state index contributed by atoms with van der Waals surface area (Å²) in [4.78, 5) is 8.63. The van der Waals surface area contributed by atoms with Crippen LogP contribution < -0.4 is 11.1 Å². The molecular weight excluding hydrogens is 212 g/mol. The number of anilines is 2. The SMILES string of the molecule is CCC(CC)(CC)Nc1nc(C)nc(N)c1C. The maximum absolute atomic E-state index is 5.87. The summed E-state index contributed by atoms with van der Waals surface area (Å²) in [5.41, 5.74) is 6.92. The minimum Gasteiger partial charge on any atom is -0.383 e. The Balaban J connectivity index is 3.09. The van der Waals surface area contributed by atoms with E-state index in [1.807, 2.05) is 13.8 Å². The van der Waals surface area contributed by atoms with E-state index in [4.69, 9.17) is 5.73 Å². The van der Waals surface area contributed by atoms with Gasteiger partial charge in [-0.25, -0.2) is 9.97 Å². The summed E-state index contributed by atoms with van der Waals surface area (Å²) in [6.45, 7) is 10.4. The lowest BCUT2D eigenvalue weighted by Gasteiger charge is -2.33. The minimum atomic E-state index is 0.109. The van der Waals surface area contributed by atoms with E-state index in [1.54, 1.807) is 0 Å². The van der Waals surface area contributed by atoms with Crippen molar-refractivity contribution in [2.24, 2.45) is 0 Å². The largest absolute Gasteiger partial charge is 0.383 e. The first kappa shape index (κ1) is 13.7. The Bertz CT molecular complexity index is 375. The van der Waals surface area contributed by atoms with Gasteiger partial charge in [0.2, 0.25) is 0 Å². The summed E-state index contributed by atoms with van der Waals surface area (Å²) >= 11 is 0. The molecule has 0 unspecified atom stereocenters. The Morgan fingerprint density at radius 2 is 1.59 bits per heavy atom. The molecule has 1 heterocycles. The van der Waals surface area contributed by atoms with Crippen molar-refractivity contribution in [3.63, 3.8) is 0 Å². The van der Waals surface area contributed by atoms with Crippen LogP contribution >= 0.6 is 0 Å². The van der Waals surface area contributed by atoms with E-state index in [0.717, 1.165) is 30.6 Å². The van der Waals surface area contributed by atoms with Gasteiger partial charge in [0.25, 0.3) is 0 Å². The van der Waals surface area contributed by atoms with Gasteiger partial charge in [-0.3, -0.25) is 0 Å². The highest BCUT2D eigenvalue weighted by Crippen LogP contribution is 2.27. The quantitative estimate of drug-likeness (QED) is 0.824. The minimum absolute atomic E-state index is 0.109. The molecular formula is C13H24N4. The van der Waals surface area contributed by atoms with E-state index in [-0.39, 0.29) is 5.54 Å². The topological polar surface area (TPSA) is 63.8 Å². The van der Waals surface area contributed by atoms with Gasteiger partial charge in [-0.05, 0) is 33.1 Å². The number of aromatic nitrogens is 2. The average molecular weight is 236 g/mol. The van der Waals surface area contributed by atoms with Crippen LogP contribution in [0.2, 0.25) is 0 Å². The summed E-state index contributed by atoms with van der Waals surface area (Å²) in [5, 5.41) is 3.56. The third-order valence-corrected chi connectivity index (χ3v) is 3.71. The van der Waals surface area contributed by atoms with Gasteiger partial charge in [0.15, 0.2) is 0 Å². The van der Waals surface area contributed by atoms with Crippen molar-refractivity contribution in [3.05, 3.63) is 11.4 Å². The molecule has 17 heavy (non-hydrogen) atoms. The lowest BCUT2D eigenvalue weighted by Crippen LogP contribution is -2.37. The molecule has 0 aliphatic heterocycles. The lowest BCUT2D eigenvalue weighted by molar-refractivity contribution is 0.418. The second-order valence-corrected chi connectivity index (χ2v) is 4.60. The number of hydrogen-bond acceptors (Lipinski definition) is 4. The molecule has 0 fully saturated rings. The van der Waals surface area contributed by atoms with Crippen molar-refractivity contribution in [1.82, 2.24) is 9.97 Å². The third-order valence-electron chi connectivity index (χ3n) is 3.71. The Kier molecular flexibility index (Phi) is 4.32. The molecule has 0 aliphatic carbocycles. The monoisotopic (exact) mass is 236 g/mol. The molecule has 0 aliphatic rings. The molecule has 1 rings (SSSR count). The first-order chi connectivity index (χ1) is 7.98. The van der Waals surface area contributed by atoms with E-state index in [9.17, 15) is 0 Å². The summed E-state index contributed by atoms with van der Waals surface area (Å²) < 4.78 is 0. The Labute approximate surface area is 104 Å². The fourth-order valence-electron chi connectivity index (χ4n) is 2.04. The van der Waals surface area contributed by atoms with Crippen molar-refractivity contribution in [3.8, 4) is 0 Å². The van der Waals surface area contributed by atoms with E-state index >= 15 is 0 Å². The van der Waals surface area contributed by atoms with Crippen molar-refractivity contribution in [2.75, 3.05) is 11.1 Å². The van der Waals surface area contributed by atoms with E-state index in [0.29, 0.717) is 11.6 Å². The number of aryl methyl sites for hydroxylation is 1. The van der Waals surface area contributed by atoms with Gasteiger partial charge in [0, 0.05) is 11.1 Å². The molecule has 1 aromatic rings. The molecule has 0 radical (unpaired) electrons. The summed E-state index contributed by atoms with van der Waals surface area (Å²) in [5.74, 6) is 2.16. The van der Waals surface area contributed by atoms with Crippen LogP contribution in [-0.2, 0) is 0 Å². The van der Waals surface area contributed by atoms with E-state index in [2.05, 4.69) is 36.1 Å². The number of nitrogens with zero attached hydrogens (tertiary/aromatic N) is 2. The van der Waals surface area contributed by atoms with E-state index < -0.39 is 0 Å².